The second-order valence-corrected chi connectivity index (χ2v) is 11.0. The normalized spacial score (nSPS) is 24.5. The number of carbonyl (C=O) groups excluding carboxylic acids is 1. The van der Waals surface area contributed by atoms with E-state index in [1.807, 2.05) is 19.1 Å². The number of hydrogen-bond acceptors (Lipinski definition) is 6. The van der Waals surface area contributed by atoms with E-state index in [0.29, 0.717) is 23.6 Å². The van der Waals surface area contributed by atoms with E-state index in [2.05, 4.69) is 9.71 Å². The van der Waals surface area contributed by atoms with Crippen molar-refractivity contribution >= 4 is 38.8 Å². The molecule has 2 aromatic carbocycles. The molecule has 2 aromatic rings. The molecular formula is C25H27N3O4S. The summed E-state index contributed by atoms with van der Waals surface area (Å²) < 4.78 is 29.7. The predicted octanol–water partition coefficient (Wildman–Crippen LogP) is 4.56. The van der Waals surface area contributed by atoms with Gasteiger partial charge in [0, 0.05) is 11.3 Å². The lowest BCUT2D eigenvalue weighted by atomic mass is 9.64. The third kappa shape index (κ3) is 3.53. The molecule has 0 bridgehead atoms. The van der Waals surface area contributed by atoms with Crippen LogP contribution in [0.15, 0.2) is 57.3 Å². The monoisotopic (exact) mass is 465 g/mol. The highest BCUT2D eigenvalue weighted by atomic mass is 32.2. The lowest BCUT2D eigenvalue weighted by molar-refractivity contribution is -0.120. The number of amidine groups is 1. The van der Waals surface area contributed by atoms with E-state index in [1.54, 1.807) is 18.2 Å². The SMILES string of the molecule is CC1(CC2CCCCC2)C(=O)C(C2=NS(=O)(=O)c3cc(N)ccc3N2)=C(O)c2ccccc21. The highest BCUT2D eigenvalue weighted by Gasteiger charge is 2.47. The zero-order chi connectivity index (χ0) is 23.4. The Morgan fingerprint density at radius 3 is 2.64 bits per heavy atom. The van der Waals surface area contributed by atoms with E-state index < -0.39 is 15.4 Å². The number of nitrogens with zero attached hydrogens (tertiary/aromatic N) is 1. The first-order valence-electron chi connectivity index (χ1n) is 11.3. The van der Waals surface area contributed by atoms with Crippen molar-refractivity contribution in [3.63, 3.8) is 0 Å². The molecule has 1 fully saturated rings. The molecule has 2 aliphatic carbocycles. The van der Waals surface area contributed by atoms with Crippen LogP contribution in [0.2, 0.25) is 0 Å². The van der Waals surface area contributed by atoms with Gasteiger partial charge in [0.1, 0.15) is 16.2 Å². The number of sulfonamides is 1. The Balaban J connectivity index is 1.64. The fraction of sp³-hybridized carbons (Fsp3) is 0.360. The Morgan fingerprint density at radius 2 is 1.88 bits per heavy atom. The number of nitrogen functional groups attached to an aromatic ring is 1. The molecule has 1 atom stereocenters. The Labute approximate surface area is 193 Å². The van der Waals surface area contributed by atoms with Gasteiger partial charge >= 0.3 is 0 Å². The highest BCUT2D eigenvalue weighted by Crippen LogP contribution is 2.46. The minimum absolute atomic E-state index is 0.0556. The maximum Gasteiger partial charge on any atom is 0.286 e. The largest absolute Gasteiger partial charge is 0.506 e. The zero-order valence-electron chi connectivity index (χ0n) is 18.5. The predicted molar refractivity (Wildman–Crippen MR) is 129 cm³/mol. The van der Waals surface area contributed by atoms with E-state index in [4.69, 9.17) is 5.73 Å². The van der Waals surface area contributed by atoms with Gasteiger partial charge in [-0.25, -0.2) is 0 Å². The van der Waals surface area contributed by atoms with Crippen molar-refractivity contribution in [3.05, 3.63) is 59.2 Å². The molecule has 0 spiro atoms. The van der Waals surface area contributed by atoms with Gasteiger partial charge < -0.3 is 16.2 Å². The van der Waals surface area contributed by atoms with Crippen LogP contribution in [0.3, 0.4) is 0 Å². The van der Waals surface area contributed by atoms with Gasteiger partial charge in [-0.15, -0.1) is 4.40 Å². The summed E-state index contributed by atoms with van der Waals surface area (Å²) in [4.78, 5) is 14.0. The number of anilines is 2. The Kier molecular flexibility index (Phi) is 5.08. The average molecular weight is 466 g/mol. The number of nitrogens with two attached hydrogens (primary N) is 1. The van der Waals surface area contributed by atoms with Gasteiger partial charge in [-0.1, -0.05) is 56.4 Å². The van der Waals surface area contributed by atoms with Crippen LogP contribution in [0.1, 0.15) is 56.6 Å². The summed E-state index contributed by atoms with van der Waals surface area (Å²) in [5.41, 5.74) is 6.66. The molecule has 0 radical (unpaired) electrons. The maximum absolute atomic E-state index is 14.0. The number of aliphatic hydroxyl groups is 1. The summed E-state index contributed by atoms with van der Waals surface area (Å²) in [7, 11) is -4.10. The van der Waals surface area contributed by atoms with E-state index in [-0.39, 0.29) is 33.5 Å². The highest BCUT2D eigenvalue weighted by molar-refractivity contribution is 7.90. The molecule has 1 unspecified atom stereocenters. The molecule has 4 N–H and O–H groups in total. The van der Waals surface area contributed by atoms with E-state index in [0.717, 1.165) is 31.2 Å². The first-order chi connectivity index (χ1) is 15.7. The first-order valence-corrected chi connectivity index (χ1v) is 12.7. The van der Waals surface area contributed by atoms with Gasteiger partial charge in [-0.2, -0.15) is 8.42 Å². The van der Waals surface area contributed by atoms with Gasteiger partial charge in [0.15, 0.2) is 11.6 Å². The van der Waals surface area contributed by atoms with Gasteiger partial charge in [0.25, 0.3) is 10.0 Å². The number of nitrogens with one attached hydrogen (secondary N) is 1. The summed E-state index contributed by atoms with van der Waals surface area (Å²) in [6.07, 6.45) is 6.30. The number of carbonyl (C=O) groups is 1. The van der Waals surface area contributed by atoms with Crippen LogP contribution in [0.5, 0.6) is 0 Å². The van der Waals surface area contributed by atoms with Crippen LogP contribution in [0.4, 0.5) is 11.4 Å². The number of hydrogen-bond donors (Lipinski definition) is 3. The minimum Gasteiger partial charge on any atom is -0.506 e. The van der Waals surface area contributed by atoms with Crippen molar-refractivity contribution in [1.82, 2.24) is 0 Å². The Hall–Kier alpha value is -3.13. The molecule has 0 amide bonds. The summed E-state index contributed by atoms with van der Waals surface area (Å²) >= 11 is 0. The smallest absolute Gasteiger partial charge is 0.286 e. The van der Waals surface area contributed by atoms with Crippen LogP contribution in [-0.4, -0.2) is 25.1 Å². The summed E-state index contributed by atoms with van der Waals surface area (Å²) in [6.45, 7) is 1.90. The summed E-state index contributed by atoms with van der Waals surface area (Å²) in [6, 6.07) is 11.8. The molecule has 33 heavy (non-hydrogen) atoms. The third-order valence-electron chi connectivity index (χ3n) is 7.15. The molecule has 8 heteroatoms. The Bertz CT molecular complexity index is 1320. The second kappa shape index (κ2) is 7.73. The van der Waals surface area contributed by atoms with Gasteiger partial charge in [0.05, 0.1) is 11.1 Å². The van der Waals surface area contributed by atoms with Crippen molar-refractivity contribution in [2.75, 3.05) is 11.1 Å². The van der Waals surface area contributed by atoms with E-state index in [1.165, 1.54) is 18.6 Å². The zero-order valence-corrected chi connectivity index (χ0v) is 19.3. The van der Waals surface area contributed by atoms with Crippen LogP contribution >= 0.6 is 0 Å². The number of benzene rings is 2. The molecule has 0 saturated heterocycles. The lowest BCUT2D eigenvalue weighted by Gasteiger charge is -2.39. The molecule has 5 rings (SSSR count). The number of aliphatic hydroxyl groups excluding tert-OH is 1. The molecule has 1 saturated carbocycles. The minimum atomic E-state index is -4.10. The van der Waals surface area contributed by atoms with Crippen molar-refractivity contribution in [2.24, 2.45) is 10.3 Å². The summed E-state index contributed by atoms with van der Waals surface area (Å²) in [5, 5.41) is 14.1. The molecule has 1 aliphatic heterocycles. The van der Waals surface area contributed by atoms with E-state index in [9.17, 15) is 18.3 Å². The van der Waals surface area contributed by atoms with Crippen molar-refractivity contribution in [3.8, 4) is 0 Å². The quantitative estimate of drug-likeness (QED) is 0.571. The Morgan fingerprint density at radius 1 is 1.15 bits per heavy atom. The van der Waals surface area contributed by atoms with Crippen molar-refractivity contribution < 1.29 is 18.3 Å². The topological polar surface area (TPSA) is 122 Å². The number of Topliss-reactive ketones (excluding diaryl/α,β-unsaturated/α-hetero) is 1. The van der Waals surface area contributed by atoms with Crippen molar-refractivity contribution in [2.45, 2.75) is 55.8 Å². The lowest BCUT2D eigenvalue weighted by Crippen LogP contribution is -2.43. The molecule has 7 nitrogen and oxygen atoms in total. The maximum atomic E-state index is 14.0. The van der Waals surface area contributed by atoms with Gasteiger partial charge in [-0.05, 0) is 43.0 Å². The molecule has 0 aromatic heterocycles. The number of ketones is 1. The van der Waals surface area contributed by atoms with Gasteiger partial charge in [-0.3, -0.25) is 4.79 Å². The molecule has 1 heterocycles. The fourth-order valence-corrected chi connectivity index (χ4v) is 6.64. The second-order valence-electron chi connectivity index (χ2n) is 9.43. The van der Waals surface area contributed by atoms with E-state index >= 15 is 0 Å². The molecule has 3 aliphatic rings. The summed E-state index contributed by atoms with van der Waals surface area (Å²) in [5.74, 6) is -0.322. The standard InChI is InChI=1S/C25H27N3O4S/c1-25(14-15-7-3-2-4-8-15)18-10-6-5-9-17(18)22(29)21(23(25)30)24-27-19-12-11-16(26)13-20(19)33(31,32)28-24/h5-6,9-13,15,29H,2-4,7-8,14,26H2,1H3,(H,27,28). The van der Waals surface area contributed by atoms with Crippen LogP contribution in [-0.2, 0) is 20.2 Å². The average Bonchev–Trinajstić information content (AvgIpc) is 2.79. The third-order valence-corrected chi connectivity index (χ3v) is 8.46. The van der Waals surface area contributed by atoms with Crippen LogP contribution < -0.4 is 11.1 Å². The number of fused-ring (bicyclic) bond motifs is 2. The number of rotatable bonds is 3. The van der Waals surface area contributed by atoms with Crippen LogP contribution in [0, 0.1) is 5.92 Å². The molecular weight excluding hydrogens is 438 g/mol. The fourth-order valence-electron chi connectivity index (χ4n) is 5.49. The molecule has 172 valence electrons. The van der Waals surface area contributed by atoms with Crippen molar-refractivity contribution in [1.29, 1.82) is 0 Å². The first kappa shape index (κ1) is 21.7. The van der Waals surface area contributed by atoms with Crippen LogP contribution in [0.25, 0.3) is 5.76 Å². The van der Waals surface area contributed by atoms with Gasteiger partial charge in [0.2, 0.25) is 0 Å².